The largest absolute Gasteiger partial charge is 0.350 e. The highest BCUT2D eigenvalue weighted by atomic mass is 16.2. The summed E-state index contributed by atoms with van der Waals surface area (Å²) in [6, 6.07) is 7.60. The molecule has 4 aliphatic rings. The standard InChI is InChI=1S/C24H26N2O3/c27-20(25-18-6-2-1-3-7-18)12-9-15-5-4-8-19(13-15)26-23(28)21-16-10-11-17(14-16)22(21)24(26)29/h4-5,8-13,16-18,21-22H,1-3,6-7,14H2,(H,25,27)/b12-9-/t16-,17-,21-,22-/m0/s1. The number of hydrogen-bond donors (Lipinski definition) is 1. The number of imide groups is 1. The van der Waals surface area contributed by atoms with E-state index in [1.54, 1.807) is 18.2 Å². The number of rotatable bonds is 4. The van der Waals surface area contributed by atoms with E-state index >= 15 is 0 Å². The Bertz CT molecular complexity index is 882. The van der Waals surface area contributed by atoms with E-state index in [0.717, 1.165) is 24.8 Å². The van der Waals surface area contributed by atoms with Gasteiger partial charge < -0.3 is 5.32 Å². The summed E-state index contributed by atoms with van der Waals surface area (Å²) < 4.78 is 0. The third kappa shape index (κ3) is 3.22. The number of carbonyl (C=O) groups excluding carboxylic acids is 3. The fourth-order valence-electron chi connectivity index (χ4n) is 5.59. The van der Waals surface area contributed by atoms with Gasteiger partial charge in [-0.15, -0.1) is 0 Å². The summed E-state index contributed by atoms with van der Waals surface area (Å²) in [5, 5.41) is 3.07. The molecular formula is C24H26N2O3. The molecule has 0 aromatic heterocycles. The molecule has 3 fully saturated rings. The fraction of sp³-hybridized carbons (Fsp3) is 0.458. The normalized spacial score (nSPS) is 31.1. The molecule has 1 N–H and O–H groups in total. The molecule has 150 valence electrons. The van der Waals surface area contributed by atoms with Crippen LogP contribution >= 0.6 is 0 Å². The van der Waals surface area contributed by atoms with Crippen molar-refractivity contribution in [2.75, 3.05) is 4.90 Å². The van der Waals surface area contributed by atoms with Gasteiger partial charge in [0.25, 0.3) is 0 Å². The van der Waals surface area contributed by atoms with Crippen LogP contribution in [0.2, 0.25) is 0 Å². The highest BCUT2D eigenvalue weighted by Gasteiger charge is 2.59. The molecule has 4 atom stereocenters. The second kappa shape index (κ2) is 7.29. The van der Waals surface area contributed by atoms with Gasteiger partial charge >= 0.3 is 0 Å². The van der Waals surface area contributed by atoms with Crippen molar-refractivity contribution in [1.82, 2.24) is 5.32 Å². The van der Waals surface area contributed by atoms with Crippen molar-refractivity contribution in [3.63, 3.8) is 0 Å². The van der Waals surface area contributed by atoms with E-state index in [9.17, 15) is 14.4 Å². The van der Waals surface area contributed by atoms with Crippen LogP contribution in [0.5, 0.6) is 0 Å². The van der Waals surface area contributed by atoms with Gasteiger partial charge in [-0.2, -0.15) is 0 Å². The Labute approximate surface area is 170 Å². The maximum absolute atomic E-state index is 13.0. The summed E-state index contributed by atoms with van der Waals surface area (Å²) >= 11 is 0. The average molecular weight is 390 g/mol. The lowest BCUT2D eigenvalue weighted by atomic mass is 9.85. The van der Waals surface area contributed by atoms with Crippen LogP contribution in [0.4, 0.5) is 5.69 Å². The van der Waals surface area contributed by atoms with Gasteiger partial charge in [0.05, 0.1) is 17.5 Å². The van der Waals surface area contributed by atoms with Gasteiger partial charge in [0.15, 0.2) is 0 Å². The summed E-state index contributed by atoms with van der Waals surface area (Å²) in [4.78, 5) is 39.5. The summed E-state index contributed by atoms with van der Waals surface area (Å²) in [5.41, 5.74) is 1.41. The molecule has 5 rings (SSSR count). The van der Waals surface area contributed by atoms with Gasteiger partial charge in [0.1, 0.15) is 0 Å². The smallest absolute Gasteiger partial charge is 0.244 e. The van der Waals surface area contributed by atoms with Crippen LogP contribution in [0.3, 0.4) is 0 Å². The minimum atomic E-state index is -0.196. The SMILES string of the molecule is O=C(/C=C\c1cccc(N2C(=O)[C@@H]3[C@@H](C2=O)[C@H]2C=C[C@H]3C2)c1)NC1CCCCC1. The molecule has 3 aliphatic carbocycles. The van der Waals surface area contributed by atoms with Crippen LogP contribution < -0.4 is 10.2 Å². The van der Waals surface area contributed by atoms with Crippen LogP contribution in [-0.2, 0) is 14.4 Å². The molecule has 1 aliphatic heterocycles. The molecule has 3 amide bonds. The van der Waals surface area contributed by atoms with Crippen molar-refractivity contribution in [3.05, 3.63) is 48.1 Å². The highest BCUT2D eigenvalue weighted by Crippen LogP contribution is 2.53. The van der Waals surface area contributed by atoms with Gasteiger partial charge in [-0.3, -0.25) is 14.4 Å². The molecular weight excluding hydrogens is 364 g/mol. The van der Waals surface area contributed by atoms with Gasteiger partial charge in [0, 0.05) is 12.1 Å². The van der Waals surface area contributed by atoms with E-state index in [-0.39, 0.29) is 47.4 Å². The Morgan fingerprint density at radius 1 is 1.00 bits per heavy atom. The molecule has 0 unspecified atom stereocenters. The zero-order valence-electron chi connectivity index (χ0n) is 16.4. The first-order valence-corrected chi connectivity index (χ1v) is 10.8. The van der Waals surface area contributed by atoms with Crippen LogP contribution in [0.25, 0.3) is 6.08 Å². The first-order valence-electron chi connectivity index (χ1n) is 10.8. The summed E-state index contributed by atoms with van der Waals surface area (Å²) in [6.45, 7) is 0. The fourth-order valence-corrected chi connectivity index (χ4v) is 5.59. The number of hydrogen-bond acceptors (Lipinski definition) is 3. The molecule has 1 aromatic rings. The Morgan fingerprint density at radius 3 is 2.38 bits per heavy atom. The van der Waals surface area contributed by atoms with Crippen molar-refractivity contribution in [2.45, 2.75) is 44.6 Å². The van der Waals surface area contributed by atoms with E-state index in [0.29, 0.717) is 5.69 Å². The van der Waals surface area contributed by atoms with Crippen molar-refractivity contribution in [1.29, 1.82) is 0 Å². The highest BCUT2D eigenvalue weighted by molar-refractivity contribution is 6.22. The first kappa shape index (κ1) is 18.3. The maximum Gasteiger partial charge on any atom is 0.244 e. The van der Waals surface area contributed by atoms with Gasteiger partial charge in [0.2, 0.25) is 17.7 Å². The van der Waals surface area contributed by atoms with E-state index in [2.05, 4.69) is 17.5 Å². The molecule has 2 saturated carbocycles. The van der Waals surface area contributed by atoms with Crippen LogP contribution in [0, 0.1) is 23.7 Å². The molecule has 2 bridgehead atoms. The van der Waals surface area contributed by atoms with E-state index in [1.165, 1.54) is 24.2 Å². The quantitative estimate of drug-likeness (QED) is 0.486. The Hall–Kier alpha value is -2.69. The summed E-state index contributed by atoms with van der Waals surface area (Å²) in [6.07, 6.45) is 14.1. The number of anilines is 1. The summed E-state index contributed by atoms with van der Waals surface area (Å²) in [5.74, 6) is -0.221. The molecule has 0 spiro atoms. The van der Waals surface area contributed by atoms with E-state index in [4.69, 9.17) is 0 Å². The number of nitrogens with zero attached hydrogens (tertiary/aromatic N) is 1. The molecule has 1 heterocycles. The number of carbonyl (C=O) groups is 3. The van der Waals surface area contributed by atoms with Crippen LogP contribution in [0.15, 0.2) is 42.5 Å². The van der Waals surface area contributed by atoms with Gasteiger partial charge in [-0.25, -0.2) is 4.90 Å². The molecule has 1 saturated heterocycles. The lowest BCUT2D eigenvalue weighted by Crippen LogP contribution is -2.34. The maximum atomic E-state index is 13.0. The lowest BCUT2D eigenvalue weighted by molar-refractivity contribution is -0.123. The van der Waals surface area contributed by atoms with Crippen molar-refractivity contribution in [2.24, 2.45) is 23.7 Å². The first-order chi connectivity index (χ1) is 14.1. The molecule has 5 nitrogen and oxygen atoms in total. The molecule has 0 radical (unpaired) electrons. The lowest BCUT2D eigenvalue weighted by Gasteiger charge is -2.21. The minimum absolute atomic E-state index is 0.0759. The zero-order valence-corrected chi connectivity index (χ0v) is 16.4. The van der Waals surface area contributed by atoms with E-state index < -0.39 is 0 Å². The predicted molar refractivity (Wildman–Crippen MR) is 111 cm³/mol. The number of benzene rings is 1. The third-order valence-corrected chi connectivity index (χ3v) is 6.98. The second-order valence-corrected chi connectivity index (χ2v) is 8.78. The minimum Gasteiger partial charge on any atom is -0.350 e. The average Bonchev–Trinajstić information content (AvgIpc) is 3.41. The number of amides is 3. The second-order valence-electron chi connectivity index (χ2n) is 8.78. The van der Waals surface area contributed by atoms with Crippen molar-refractivity contribution < 1.29 is 14.4 Å². The van der Waals surface area contributed by atoms with Crippen LogP contribution in [0.1, 0.15) is 44.1 Å². The Balaban J connectivity index is 1.29. The molecule has 29 heavy (non-hydrogen) atoms. The van der Waals surface area contributed by atoms with Crippen molar-refractivity contribution >= 4 is 29.5 Å². The zero-order chi connectivity index (χ0) is 20.0. The van der Waals surface area contributed by atoms with E-state index in [1.807, 2.05) is 18.2 Å². The number of allylic oxidation sites excluding steroid dienone is 2. The number of fused-ring (bicyclic) bond motifs is 5. The Morgan fingerprint density at radius 2 is 1.69 bits per heavy atom. The third-order valence-electron chi connectivity index (χ3n) is 6.98. The molecule has 5 heteroatoms. The summed E-state index contributed by atoms with van der Waals surface area (Å²) in [7, 11) is 0. The van der Waals surface area contributed by atoms with Crippen molar-refractivity contribution in [3.8, 4) is 0 Å². The number of nitrogens with one attached hydrogen (secondary N) is 1. The molecule has 1 aromatic carbocycles. The predicted octanol–water partition coefficient (Wildman–Crippen LogP) is 3.46. The van der Waals surface area contributed by atoms with Crippen LogP contribution in [-0.4, -0.2) is 23.8 Å². The topological polar surface area (TPSA) is 66.5 Å². The van der Waals surface area contributed by atoms with Gasteiger partial charge in [-0.05, 0) is 54.9 Å². The monoisotopic (exact) mass is 390 g/mol. The van der Waals surface area contributed by atoms with Gasteiger partial charge in [-0.1, -0.05) is 43.5 Å². The Kier molecular flexibility index (Phi) is 4.61.